The summed E-state index contributed by atoms with van der Waals surface area (Å²) in [6, 6.07) is 6.60. The van der Waals surface area contributed by atoms with Crippen LogP contribution in [-0.2, 0) is 0 Å². The second-order valence-electron chi connectivity index (χ2n) is 4.28. The van der Waals surface area contributed by atoms with Gasteiger partial charge < -0.3 is 4.90 Å². The van der Waals surface area contributed by atoms with Gasteiger partial charge in [0.25, 0.3) is 0 Å². The molecular weight excluding hydrogens is 228 g/mol. The lowest BCUT2D eigenvalue weighted by atomic mass is 9.96. The van der Waals surface area contributed by atoms with Crippen LogP contribution in [0.3, 0.4) is 0 Å². The zero-order valence-electron chi connectivity index (χ0n) is 8.83. The van der Waals surface area contributed by atoms with Gasteiger partial charge in [0.15, 0.2) is 0 Å². The molecule has 1 aromatic heterocycles. The number of nitrogens with zero attached hydrogens (tertiary/aromatic N) is 2. The monoisotopic (exact) mass is 240 g/mol. The molecule has 0 amide bonds. The molecule has 2 rings (SSSR count). The van der Waals surface area contributed by atoms with Crippen molar-refractivity contribution in [1.29, 1.82) is 5.26 Å². The molecule has 1 aromatic rings. The molecule has 0 bridgehead atoms. The zero-order valence-corrected chi connectivity index (χ0v) is 10.4. The average Bonchev–Trinajstić information content (AvgIpc) is 2.84. The Morgan fingerprint density at radius 3 is 2.53 bits per heavy atom. The third kappa shape index (κ3) is 1.90. The first-order chi connectivity index (χ1) is 7.09. The SMILES string of the molecule is CN(C)C(c1ccc(Cl)s1)C1(C#N)CC1. The number of halogens is 1. The highest BCUT2D eigenvalue weighted by Gasteiger charge is 2.52. The second kappa shape index (κ2) is 3.79. The van der Waals surface area contributed by atoms with Crippen LogP contribution in [0, 0.1) is 16.7 Å². The maximum absolute atomic E-state index is 9.24. The molecule has 1 saturated carbocycles. The highest BCUT2D eigenvalue weighted by molar-refractivity contribution is 7.16. The van der Waals surface area contributed by atoms with Gasteiger partial charge in [-0.2, -0.15) is 5.26 Å². The molecule has 0 saturated heterocycles. The molecule has 1 aliphatic carbocycles. The molecule has 80 valence electrons. The summed E-state index contributed by atoms with van der Waals surface area (Å²) in [5.41, 5.74) is -0.169. The second-order valence-corrected chi connectivity index (χ2v) is 6.02. The maximum atomic E-state index is 9.24. The summed E-state index contributed by atoms with van der Waals surface area (Å²) in [5.74, 6) is 0. The predicted molar refractivity (Wildman–Crippen MR) is 63.0 cm³/mol. The Balaban J connectivity index is 2.33. The Morgan fingerprint density at radius 1 is 1.53 bits per heavy atom. The van der Waals surface area contributed by atoms with Gasteiger partial charge >= 0.3 is 0 Å². The normalized spacial score (nSPS) is 19.9. The van der Waals surface area contributed by atoms with E-state index >= 15 is 0 Å². The standard InChI is InChI=1S/C11H13ClN2S/c1-14(2)10(11(7-13)5-6-11)8-3-4-9(12)15-8/h3-4,10H,5-6H2,1-2H3. The minimum Gasteiger partial charge on any atom is -0.300 e. The van der Waals surface area contributed by atoms with Crippen LogP contribution in [0.25, 0.3) is 0 Å². The molecule has 1 atom stereocenters. The van der Waals surface area contributed by atoms with Crippen molar-refractivity contribution in [2.45, 2.75) is 18.9 Å². The fourth-order valence-corrected chi connectivity index (χ4v) is 3.45. The highest BCUT2D eigenvalue weighted by atomic mass is 35.5. The third-order valence-corrected chi connectivity index (χ3v) is 4.20. The van der Waals surface area contributed by atoms with E-state index in [1.165, 1.54) is 4.88 Å². The molecule has 1 unspecified atom stereocenters. The van der Waals surface area contributed by atoms with E-state index in [4.69, 9.17) is 11.6 Å². The molecule has 0 spiro atoms. The summed E-state index contributed by atoms with van der Waals surface area (Å²) >= 11 is 7.52. The number of rotatable bonds is 3. The highest BCUT2D eigenvalue weighted by Crippen LogP contribution is 2.57. The molecule has 0 aliphatic heterocycles. The topological polar surface area (TPSA) is 27.0 Å². The number of hydrogen-bond acceptors (Lipinski definition) is 3. The van der Waals surface area contributed by atoms with E-state index in [-0.39, 0.29) is 11.5 Å². The van der Waals surface area contributed by atoms with Crippen molar-refractivity contribution in [3.05, 3.63) is 21.3 Å². The van der Waals surface area contributed by atoms with Gasteiger partial charge in [0.05, 0.1) is 21.9 Å². The largest absolute Gasteiger partial charge is 0.300 e. The van der Waals surface area contributed by atoms with E-state index in [0.717, 1.165) is 17.2 Å². The Labute approximate surface area is 99.1 Å². The van der Waals surface area contributed by atoms with Crippen molar-refractivity contribution < 1.29 is 0 Å². The molecule has 1 fully saturated rings. The molecule has 0 N–H and O–H groups in total. The zero-order chi connectivity index (χ0) is 11.1. The molecule has 15 heavy (non-hydrogen) atoms. The average molecular weight is 241 g/mol. The van der Waals surface area contributed by atoms with Gasteiger partial charge in [-0.25, -0.2) is 0 Å². The summed E-state index contributed by atoms with van der Waals surface area (Å²) in [4.78, 5) is 3.32. The van der Waals surface area contributed by atoms with E-state index in [1.807, 2.05) is 26.2 Å². The van der Waals surface area contributed by atoms with Gasteiger partial charge in [-0.15, -0.1) is 11.3 Å². The van der Waals surface area contributed by atoms with E-state index in [9.17, 15) is 5.26 Å². The summed E-state index contributed by atoms with van der Waals surface area (Å²) in [6.07, 6.45) is 2.00. The van der Waals surface area contributed by atoms with E-state index in [1.54, 1.807) is 11.3 Å². The van der Waals surface area contributed by atoms with Crippen LogP contribution in [0.4, 0.5) is 0 Å². The lowest BCUT2D eigenvalue weighted by Gasteiger charge is -2.27. The Morgan fingerprint density at radius 2 is 2.20 bits per heavy atom. The molecule has 1 heterocycles. The predicted octanol–water partition coefficient (Wildman–Crippen LogP) is 3.31. The van der Waals surface area contributed by atoms with Gasteiger partial charge in [-0.3, -0.25) is 0 Å². The minimum absolute atomic E-state index is 0.169. The fraction of sp³-hybridized carbons (Fsp3) is 0.545. The van der Waals surface area contributed by atoms with Crippen molar-refractivity contribution in [2.24, 2.45) is 5.41 Å². The van der Waals surface area contributed by atoms with E-state index in [0.29, 0.717) is 0 Å². The Hall–Kier alpha value is -0.560. The van der Waals surface area contributed by atoms with E-state index in [2.05, 4.69) is 11.0 Å². The van der Waals surface area contributed by atoms with Crippen molar-refractivity contribution in [1.82, 2.24) is 4.90 Å². The molecule has 2 nitrogen and oxygen atoms in total. The lowest BCUT2D eigenvalue weighted by Crippen LogP contribution is -2.27. The van der Waals surface area contributed by atoms with Crippen LogP contribution in [0.15, 0.2) is 12.1 Å². The van der Waals surface area contributed by atoms with Crippen molar-refractivity contribution in [3.8, 4) is 6.07 Å². The maximum Gasteiger partial charge on any atom is 0.0931 e. The van der Waals surface area contributed by atoms with Crippen LogP contribution in [-0.4, -0.2) is 19.0 Å². The number of nitriles is 1. The lowest BCUT2D eigenvalue weighted by molar-refractivity contribution is 0.236. The van der Waals surface area contributed by atoms with Crippen LogP contribution in [0.5, 0.6) is 0 Å². The van der Waals surface area contributed by atoms with Crippen molar-refractivity contribution >= 4 is 22.9 Å². The molecule has 1 aliphatic rings. The van der Waals surface area contributed by atoms with Gasteiger partial charge in [0, 0.05) is 4.88 Å². The number of thiophene rings is 1. The van der Waals surface area contributed by atoms with Gasteiger partial charge in [-0.05, 0) is 39.1 Å². The van der Waals surface area contributed by atoms with Gasteiger partial charge in [-0.1, -0.05) is 11.6 Å². The van der Waals surface area contributed by atoms with Crippen molar-refractivity contribution in [3.63, 3.8) is 0 Å². The van der Waals surface area contributed by atoms with Gasteiger partial charge in [0.1, 0.15) is 0 Å². The smallest absolute Gasteiger partial charge is 0.0931 e. The first kappa shape index (κ1) is 10.9. The van der Waals surface area contributed by atoms with Crippen LogP contribution in [0.1, 0.15) is 23.8 Å². The van der Waals surface area contributed by atoms with Crippen LogP contribution in [0.2, 0.25) is 4.34 Å². The quantitative estimate of drug-likeness (QED) is 0.811. The molecular formula is C11H13ClN2S. The molecule has 4 heteroatoms. The van der Waals surface area contributed by atoms with Gasteiger partial charge in [0.2, 0.25) is 0 Å². The van der Waals surface area contributed by atoms with Crippen LogP contribution < -0.4 is 0 Å². The summed E-state index contributed by atoms with van der Waals surface area (Å²) in [7, 11) is 4.05. The third-order valence-electron chi connectivity index (χ3n) is 2.91. The van der Waals surface area contributed by atoms with Crippen LogP contribution >= 0.6 is 22.9 Å². The van der Waals surface area contributed by atoms with Crippen molar-refractivity contribution in [2.75, 3.05) is 14.1 Å². The number of hydrogen-bond donors (Lipinski definition) is 0. The first-order valence-electron chi connectivity index (χ1n) is 4.92. The minimum atomic E-state index is -0.169. The van der Waals surface area contributed by atoms with E-state index < -0.39 is 0 Å². The first-order valence-corrected chi connectivity index (χ1v) is 6.11. The molecule has 0 aromatic carbocycles. The molecule has 0 radical (unpaired) electrons. The Bertz CT molecular complexity index is 401. The summed E-state index contributed by atoms with van der Waals surface area (Å²) in [5, 5.41) is 9.24. The fourth-order valence-electron chi connectivity index (χ4n) is 2.08. The Kier molecular flexibility index (Phi) is 2.76. The summed E-state index contributed by atoms with van der Waals surface area (Å²) in [6.45, 7) is 0. The summed E-state index contributed by atoms with van der Waals surface area (Å²) < 4.78 is 0.797.